The van der Waals surface area contributed by atoms with E-state index in [4.69, 9.17) is 16.4 Å². The van der Waals surface area contributed by atoms with Crippen molar-refractivity contribution in [1.29, 1.82) is 0 Å². The van der Waals surface area contributed by atoms with Gasteiger partial charge in [0.25, 0.3) is 5.91 Å². The fraction of sp³-hybridized carbons (Fsp3) is 0.148. The summed E-state index contributed by atoms with van der Waals surface area (Å²) in [6.45, 7) is 0.205. The van der Waals surface area contributed by atoms with Gasteiger partial charge in [0.2, 0.25) is 5.91 Å². The third-order valence-electron chi connectivity index (χ3n) is 6.42. The third kappa shape index (κ3) is 3.34. The minimum atomic E-state index is -0.927. The van der Waals surface area contributed by atoms with E-state index in [1.807, 2.05) is 91.0 Å². The molecule has 2 fully saturated rings. The van der Waals surface area contributed by atoms with Crippen molar-refractivity contribution in [3.63, 3.8) is 0 Å². The molecule has 3 heterocycles. The smallest absolute Gasteiger partial charge is 0.262 e. The summed E-state index contributed by atoms with van der Waals surface area (Å²) in [6, 6.07) is 27.9. The van der Waals surface area contributed by atoms with Crippen molar-refractivity contribution in [2.75, 3.05) is 5.06 Å². The number of imide groups is 1. The summed E-state index contributed by atoms with van der Waals surface area (Å²) in [5.74, 6) is -1.35. The fourth-order valence-corrected chi connectivity index (χ4v) is 5.08. The second-order valence-corrected chi connectivity index (χ2v) is 8.83. The molecule has 2 saturated heterocycles. The first-order chi connectivity index (χ1) is 16.6. The van der Waals surface area contributed by atoms with Gasteiger partial charge in [-0.15, -0.1) is 0 Å². The van der Waals surface area contributed by atoms with E-state index in [9.17, 15) is 9.59 Å². The van der Waals surface area contributed by atoms with Crippen LogP contribution in [0.5, 0.6) is 0 Å². The predicted molar refractivity (Wildman–Crippen MR) is 129 cm³/mol. The molecule has 7 heteroatoms. The Labute approximate surface area is 201 Å². The molecule has 2 aliphatic heterocycles. The van der Waals surface area contributed by atoms with Crippen LogP contribution < -0.4 is 5.06 Å². The number of fused-ring (bicyclic) bond motifs is 2. The van der Waals surface area contributed by atoms with Crippen LogP contribution in [0.15, 0.2) is 91.0 Å². The molecular formula is C27H20ClN3O3. The summed E-state index contributed by atoms with van der Waals surface area (Å²) in [7, 11) is 0. The number of hydrogen-bond acceptors (Lipinski definition) is 5. The molecule has 0 unspecified atom stereocenters. The van der Waals surface area contributed by atoms with Gasteiger partial charge in [-0.05, 0) is 29.8 Å². The normalized spacial score (nSPS) is 22.0. The molecule has 2 amide bonds. The van der Waals surface area contributed by atoms with Gasteiger partial charge in [-0.1, -0.05) is 78.3 Å². The van der Waals surface area contributed by atoms with Gasteiger partial charge in [-0.3, -0.25) is 19.3 Å². The Bertz CT molecular complexity index is 1400. The van der Waals surface area contributed by atoms with Gasteiger partial charge in [0.05, 0.1) is 23.8 Å². The molecule has 0 N–H and O–H groups in total. The molecule has 168 valence electrons. The van der Waals surface area contributed by atoms with Gasteiger partial charge >= 0.3 is 0 Å². The number of halogens is 1. The number of benzene rings is 3. The molecule has 3 aromatic carbocycles. The van der Waals surface area contributed by atoms with Crippen LogP contribution in [0.1, 0.15) is 17.2 Å². The van der Waals surface area contributed by atoms with Gasteiger partial charge in [0.1, 0.15) is 11.1 Å². The summed E-state index contributed by atoms with van der Waals surface area (Å²) in [6.07, 6.45) is -0.927. The van der Waals surface area contributed by atoms with Crippen molar-refractivity contribution in [2.24, 2.45) is 5.92 Å². The van der Waals surface area contributed by atoms with Gasteiger partial charge in [0.15, 0.2) is 6.10 Å². The number of hydroxylamine groups is 1. The average Bonchev–Trinajstić information content (AvgIpc) is 3.37. The number of anilines is 1. The largest absolute Gasteiger partial charge is 0.275 e. The highest BCUT2D eigenvalue weighted by Crippen LogP contribution is 2.48. The minimum absolute atomic E-state index is 0.205. The number of para-hydroxylation sites is 2. The van der Waals surface area contributed by atoms with E-state index in [0.717, 1.165) is 22.2 Å². The lowest BCUT2D eigenvalue weighted by Gasteiger charge is -2.29. The highest BCUT2D eigenvalue weighted by atomic mass is 35.5. The molecule has 0 aliphatic carbocycles. The zero-order valence-electron chi connectivity index (χ0n) is 18.0. The number of aromatic nitrogens is 1. The van der Waals surface area contributed by atoms with E-state index in [1.165, 1.54) is 4.90 Å². The van der Waals surface area contributed by atoms with Crippen LogP contribution in [0, 0.1) is 5.92 Å². The summed E-state index contributed by atoms with van der Waals surface area (Å²) in [5, 5.41) is 2.83. The van der Waals surface area contributed by atoms with E-state index in [2.05, 4.69) is 4.98 Å². The zero-order chi connectivity index (χ0) is 23.2. The Hall–Kier alpha value is -3.74. The SMILES string of the molecule is O=C1[C@@H]2[C@H](ON(c3ccccc3)[C@H]2c2cc3ccccc3nc2Cl)C(=O)N1Cc1ccccc1. The summed E-state index contributed by atoms with van der Waals surface area (Å²) < 4.78 is 0. The molecule has 0 spiro atoms. The lowest BCUT2D eigenvalue weighted by atomic mass is 9.90. The van der Waals surface area contributed by atoms with Gasteiger partial charge in [0, 0.05) is 10.9 Å². The van der Waals surface area contributed by atoms with Crippen LogP contribution >= 0.6 is 11.6 Å². The number of amides is 2. The fourth-order valence-electron chi connectivity index (χ4n) is 4.82. The number of likely N-dealkylation sites (tertiary alicyclic amines) is 1. The van der Waals surface area contributed by atoms with Gasteiger partial charge in [-0.2, -0.15) is 0 Å². The Balaban J connectivity index is 1.45. The second kappa shape index (κ2) is 8.24. The van der Waals surface area contributed by atoms with Crippen LogP contribution in [0.4, 0.5) is 5.69 Å². The minimum Gasteiger partial charge on any atom is -0.275 e. The Morgan fingerprint density at radius 2 is 1.53 bits per heavy atom. The molecule has 1 aromatic heterocycles. The Kier molecular flexibility index (Phi) is 5.05. The van der Waals surface area contributed by atoms with Crippen LogP contribution in [-0.4, -0.2) is 27.8 Å². The molecule has 2 aliphatic rings. The van der Waals surface area contributed by atoms with E-state index in [-0.39, 0.29) is 23.5 Å². The third-order valence-corrected chi connectivity index (χ3v) is 6.73. The molecule has 4 aromatic rings. The molecule has 3 atom stereocenters. The monoisotopic (exact) mass is 469 g/mol. The van der Waals surface area contributed by atoms with E-state index >= 15 is 0 Å². The first kappa shape index (κ1) is 20.8. The molecule has 0 saturated carbocycles. The quantitative estimate of drug-likeness (QED) is 0.313. The van der Waals surface area contributed by atoms with Crippen molar-refractivity contribution in [3.05, 3.63) is 107 Å². The molecule has 0 radical (unpaired) electrons. The Morgan fingerprint density at radius 3 is 2.29 bits per heavy atom. The molecular weight excluding hydrogens is 450 g/mol. The summed E-state index contributed by atoms with van der Waals surface area (Å²) >= 11 is 6.67. The van der Waals surface area contributed by atoms with Crippen LogP contribution in [0.25, 0.3) is 10.9 Å². The first-order valence-electron chi connectivity index (χ1n) is 11.1. The maximum atomic E-state index is 13.7. The predicted octanol–water partition coefficient (Wildman–Crippen LogP) is 4.93. The van der Waals surface area contributed by atoms with E-state index < -0.39 is 18.1 Å². The molecule has 6 rings (SSSR count). The number of carbonyl (C=O) groups excluding carboxylic acids is 2. The zero-order valence-corrected chi connectivity index (χ0v) is 18.8. The van der Waals surface area contributed by atoms with Crippen LogP contribution in [-0.2, 0) is 21.0 Å². The number of nitrogens with zero attached hydrogens (tertiary/aromatic N) is 3. The van der Waals surface area contributed by atoms with E-state index in [1.54, 1.807) is 5.06 Å². The van der Waals surface area contributed by atoms with Crippen LogP contribution in [0.3, 0.4) is 0 Å². The van der Waals surface area contributed by atoms with Gasteiger partial charge in [-0.25, -0.2) is 10.0 Å². The standard InChI is InChI=1S/C27H20ClN3O3/c28-25-20(15-18-11-7-8-14-21(18)29-25)23-22-24(34-31(23)19-12-5-2-6-13-19)27(33)30(26(22)32)16-17-9-3-1-4-10-17/h1-15,22-24H,16H2/t22-,23-,24-/m0/s1. The second-order valence-electron chi connectivity index (χ2n) is 8.47. The Morgan fingerprint density at radius 1 is 0.853 bits per heavy atom. The molecule has 34 heavy (non-hydrogen) atoms. The highest BCUT2D eigenvalue weighted by molar-refractivity contribution is 6.30. The average molecular weight is 470 g/mol. The summed E-state index contributed by atoms with van der Waals surface area (Å²) in [5.41, 5.74) is 3.03. The summed E-state index contributed by atoms with van der Waals surface area (Å²) in [4.78, 5) is 39.1. The maximum absolute atomic E-state index is 13.7. The molecule has 0 bridgehead atoms. The maximum Gasteiger partial charge on any atom is 0.262 e. The number of hydrogen-bond donors (Lipinski definition) is 0. The van der Waals surface area contributed by atoms with Crippen molar-refractivity contribution in [3.8, 4) is 0 Å². The van der Waals surface area contributed by atoms with Crippen LogP contribution in [0.2, 0.25) is 5.15 Å². The van der Waals surface area contributed by atoms with Crippen molar-refractivity contribution in [1.82, 2.24) is 9.88 Å². The topological polar surface area (TPSA) is 62.7 Å². The lowest BCUT2D eigenvalue weighted by molar-refractivity contribution is -0.143. The molecule has 6 nitrogen and oxygen atoms in total. The number of rotatable bonds is 4. The van der Waals surface area contributed by atoms with E-state index in [0.29, 0.717) is 5.56 Å². The highest BCUT2D eigenvalue weighted by Gasteiger charge is 2.60. The number of pyridine rings is 1. The first-order valence-corrected chi connectivity index (χ1v) is 11.4. The van der Waals surface area contributed by atoms with Crippen molar-refractivity contribution in [2.45, 2.75) is 18.7 Å². The van der Waals surface area contributed by atoms with Crippen molar-refractivity contribution < 1.29 is 14.4 Å². The number of carbonyl (C=O) groups is 2. The van der Waals surface area contributed by atoms with Crippen molar-refractivity contribution >= 4 is 40.0 Å². The van der Waals surface area contributed by atoms with Gasteiger partial charge < -0.3 is 0 Å². The lowest BCUT2D eigenvalue weighted by Crippen LogP contribution is -2.37.